The zero-order chi connectivity index (χ0) is 22.2. The number of carbonyl (C=O) groups excluding carboxylic acids is 2. The monoisotopic (exact) mass is 440 g/mol. The summed E-state index contributed by atoms with van der Waals surface area (Å²) in [6.07, 6.45) is 0.250. The molecule has 7 heteroatoms. The molecule has 160 valence electrons. The minimum Gasteiger partial charge on any atom is -0.322 e. The van der Waals surface area contributed by atoms with E-state index < -0.39 is 5.76 Å². The van der Waals surface area contributed by atoms with Crippen molar-refractivity contribution in [1.82, 2.24) is 0 Å². The van der Waals surface area contributed by atoms with Gasteiger partial charge in [-0.05, 0) is 61.0 Å². The number of carbonyl (C=O) groups is 2. The van der Waals surface area contributed by atoms with Crippen LogP contribution in [0.4, 0.5) is 20.2 Å². The third kappa shape index (κ3) is 6.39. The minimum atomic E-state index is -2.50. The second-order valence-corrected chi connectivity index (χ2v) is 7.77. The number of nitrogens with one attached hydrogen (secondary N) is 1. The summed E-state index contributed by atoms with van der Waals surface area (Å²) < 4.78 is 24.8. The van der Waals surface area contributed by atoms with Gasteiger partial charge in [0.25, 0.3) is 11.7 Å². The predicted octanol–water partition coefficient (Wildman–Crippen LogP) is 5.85. The number of hydrogen-bond acceptors (Lipinski definition) is 3. The Kier molecular flexibility index (Phi) is 7.78. The molecule has 0 aliphatic rings. The lowest BCUT2D eigenvalue weighted by Gasteiger charge is -2.21. The van der Waals surface area contributed by atoms with Crippen molar-refractivity contribution in [2.75, 3.05) is 16.8 Å². The van der Waals surface area contributed by atoms with Crippen LogP contribution < -0.4 is 10.2 Å². The van der Waals surface area contributed by atoms with E-state index in [1.165, 1.54) is 24.3 Å². The van der Waals surface area contributed by atoms with E-state index in [0.29, 0.717) is 34.5 Å². The molecule has 0 spiro atoms. The van der Waals surface area contributed by atoms with Gasteiger partial charge in [0.15, 0.2) is 0 Å². The molecule has 0 aliphatic carbocycles. The number of likely N-dealkylation sites (N-methyl/N-ethyl adjacent to an activating group) is 1. The Morgan fingerprint density at radius 3 is 2.16 bits per heavy atom. The van der Waals surface area contributed by atoms with Gasteiger partial charge in [0.1, 0.15) is 0 Å². The predicted molar refractivity (Wildman–Crippen MR) is 121 cm³/mol. The lowest BCUT2D eigenvalue weighted by atomic mass is 10.1. The molecule has 3 aromatic carbocycles. The third-order valence-electron chi connectivity index (χ3n) is 4.59. The van der Waals surface area contributed by atoms with Crippen molar-refractivity contribution in [3.05, 3.63) is 90.0 Å². The summed E-state index contributed by atoms with van der Waals surface area (Å²) in [6, 6.07) is 22.6. The molecule has 0 unspecified atom stereocenters. The van der Waals surface area contributed by atoms with Crippen LogP contribution in [0.2, 0.25) is 0 Å². The highest BCUT2D eigenvalue weighted by molar-refractivity contribution is 7.99. The maximum atomic E-state index is 12.7. The second kappa shape index (κ2) is 10.7. The van der Waals surface area contributed by atoms with Crippen molar-refractivity contribution in [1.29, 1.82) is 0 Å². The number of alkyl halides is 2. The van der Waals surface area contributed by atoms with Gasteiger partial charge in [-0.25, -0.2) is 0 Å². The molecule has 0 atom stereocenters. The van der Waals surface area contributed by atoms with Gasteiger partial charge in [0.05, 0.1) is 6.42 Å². The summed E-state index contributed by atoms with van der Waals surface area (Å²) in [5, 5.41) is 2.77. The summed E-state index contributed by atoms with van der Waals surface area (Å²) in [5.74, 6) is -2.84. The summed E-state index contributed by atoms with van der Waals surface area (Å²) in [7, 11) is 0. The molecule has 31 heavy (non-hydrogen) atoms. The topological polar surface area (TPSA) is 49.4 Å². The fourth-order valence-corrected chi connectivity index (χ4v) is 3.58. The molecule has 0 fully saturated rings. The Morgan fingerprint density at radius 2 is 1.58 bits per heavy atom. The van der Waals surface area contributed by atoms with Crippen LogP contribution in [0, 0.1) is 0 Å². The van der Waals surface area contributed by atoms with Crippen molar-refractivity contribution in [2.24, 2.45) is 0 Å². The first-order valence-electron chi connectivity index (χ1n) is 9.77. The van der Waals surface area contributed by atoms with Crippen LogP contribution in [0.1, 0.15) is 22.8 Å². The SMILES string of the molecule is CCN(C(=O)Cc1ccc(NC(=O)c2ccc(SC(F)F)cc2)cc1)c1ccccc1. The number of halogens is 2. The first-order chi connectivity index (χ1) is 15.0. The first kappa shape index (κ1) is 22.5. The third-order valence-corrected chi connectivity index (χ3v) is 5.32. The normalized spacial score (nSPS) is 10.7. The molecule has 0 radical (unpaired) electrons. The lowest BCUT2D eigenvalue weighted by molar-refractivity contribution is -0.117. The number of nitrogens with zero attached hydrogens (tertiary/aromatic N) is 1. The fourth-order valence-electron chi connectivity index (χ4n) is 3.08. The summed E-state index contributed by atoms with van der Waals surface area (Å²) >= 11 is 0.435. The maximum absolute atomic E-state index is 12.7. The average Bonchev–Trinajstić information content (AvgIpc) is 2.76. The van der Waals surface area contributed by atoms with E-state index in [2.05, 4.69) is 5.32 Å². The molecule has 4 nitrogen and oxygen atoms in total. The molecule has 0 aliphatic heterocycles. The molecule has 2 amide bonds. The Morgan fingerprint density at radius 1 is 0.935 bits per heavy atom. The molecule has 0 saturated carbocycles. The smallest absolute Gasteiger partial charge is 0.288 e. The molecule has 3 aromatic rings. The Hall–Kier alpha value is -3.19. The Bertz CT molecular complexity index is 1010. The van der Waals surface area contributed by atoms with Crippen LogP contribution in [0.25, 0.3) is 0 Å². The summed E-state index contributed by atoms with van der Waals surface area (Å²) in [5.41, 5.74) is 2.66. The van der Waals surface area contributed by atoms with Crippen molar-refractivity contribution in [2.45, 2.75) is 24.0 Å². The van der Waals surface area contributed by atoms with Crippen LogP contribution >= 0.6 is 11.8 Å². The molecule has 0 bridgehead atoms. The van der Waals surface area contributed by atoms with Gasteiger partial charge in [-0.2, -0.15) is 8.78 Å². The largest absolute Gasteiger partial charge is 0.322 e. The van der Waals surface area contributed by atoms with E-state index in [0.717, 1.165) is 11.3 Å². The lowest BCUT2D eigenvalue weighted by Crippen LogP contribution is -2.31. The summed E-state index contributed by atoms with van der Waals surface area (Å²) in [4.78, 5) is 27.2. The van der Waals surface area contributed by atoms with Crippen molar-refractivity contribution < 1.29 is 18.4 Å². The van der Waals surface area contributed by atoms with Gasteiger partial charge in [-0.3, -0.25) is 9.59 Å². The van der Waals surface area contributed by atoms with E-state index in [1.54, 1.807) is 29.2 Å². The van der Waals surface area contributed by atoms with Gasteiger partial charge in [-0.1, -0.05) is 42.1 Å². The van der Waals surface area contributed by atoms with E-state index in [-0.39, 0.29) is 18.2 Å². The molecule has 0 heterocycles. The standard InChI is InChI=1S/C24H22F2N2O2S/c1-2-28(20-6-4-3-5-7-20)22(29)16-17-8-12-19(13-9-17)27-23(30)18-10-14-21(15-11-18)31-24(25)26/h3-15,24H,2,16H2,1H3,(H,27,30). The Labute approximate surface area is 184 Å². The van der Waals surface area contributed by atoms with E-state index in [4.69, 9.17) is 0 Å². The molecular formula is C24H22F2N2O2S. The van der Waals surface area contributed by atoms with E-state index in [9.17, 15) is 18.4 Å². The van der Waals surface area contributed by atoms with Gasteiger partial charge in [-0.15, -0.1) is 0 Å². The number of benzene rings is 3. The quantitative estimate of drug-likeness (QED) is 0.447. The second-order valence-electron chi connectivity index (χ2n) is 6.70. The van der Waals surface area contributed by atoms with Gasteiger partial charge < -0.3 is 10.2 Å². The molecule has 0 saturated heterocycles. The minimum absolute atomic E-state index is 0.00718. The Balaban J connectivity index is 1.59. The van der Waals surface area contributed by atoms with Crippen LogP contribution in [-0.2, 0) is 11.2 Å². The van der Waals surface area contributed by atoms with Crippen LogP contribution in [-0.4, -0.2) is 24.1 Å². The highest BCUT2D eigenvalue weighted by Gasteiger charge is 2.14. The van der Waals surface area contributed by atoms with Gasteiger partial charge in [0, 0.05) is 28.4 Å². The zero-order valence-corrected chi connectivity index (χ0v) is 17.7. The van der Waals surface area contributed by atoms with Gasteiger partial charge in [0.2, 0.25) is 5.91 Å². The molecular weight excluding hydrogens is 418 g/mol. The molecule has 3 rings (SSSR count). The average molecular weight is 441 g/mol. The van der Waals surface area contributed by atoms with Crippen LogP contribution in [0.3, 0.4) is 0 Å². The number of amides is 2. The highest BCUT2D eigenvalue weighted by Crippen LogP contribution is 2.25. The summed E-state index contributed by atoms with van der Waals surface area (Å²) in [6.45, 7) is 2.51. The van der Waals surface area contributed by atoms with Gasteiger partial charge >= 0.3 is 0 Å². The van der Waals surface area contributed by atoms with Crippen molar-refractivity contribution in [3.8, 4) is 0 Å². The van der Waals surface area contributed by atoms with E-state index >= 15 is 0 Å². The number of hydrogen-bond donors (Lipinski definition) is 1. The number of thioether (sulfide) groups is 1. The molecule has 0 aromatic heterocycles. The van der Waals surface area contributed by atoms with Crippen LogP contribution in [0.15, 0.2) is 83.8 Å². The number of rotatable bonds is 8. The first-order valence-corrected chi connectivity index (χ1v) is 10.6. The fraction of sp³-hybridized carbons (Fsp3) is 0.167. The maximum Gasteiger partial charge on any atom is 0.288 e. The van der Waals surface area contributed by atoms with Crippen LogP contribution in [0.5, 0.6) is 0 Å². The van der Waals surface area contributed by atoms with Crippen molar-refractivity contribution >= 4 is 35.0 Å². The number of anilines is 2. The van der Waals surface area contributed by atoms with Crippen molar-refractivity contribution in [3.63, 3.8) is 0 Å². The van der Waals surface area contributed by atoms with E-state index in [1.807, 2.05) is 37.3 Å². The highest BCUT2D eigenvalue weighted by atomic mass is 32.2. The zero-order valence-electron chi connectivity index (χ0n) is 16.9. The molecule has 1 N–H and O–H groups in total. The number of para-hydroxylation sites is 1.